The summed E-state index contributed by atoms with van der Waals surface area (Å²) in [5.41, 5.74) is 8.04. The molecule has 128 valence electrons. The molecule has 0 saturated heterocycles. The lowest BCUT2D eigenvalue weighted by Crippen LogP contribution is -1.99. The number of nitrogens with zero attached hydrogens (tertiary/aromatic N) is 2. The zero-order valence-electron chi connectivity index (χ0n) is 13.7. The van der Waals surface area contributed by atoms with Crippen LogP contribution in [0.2, 0.25) is 10.0 Å². The van der Waals surface area contributed by atoms with Crippen molar-refractivity contribution in [2.24, 2.45) is 0 Å². The summed E-state index contributed by atoms with van der Waals surface area (Å²) in [7, 11) is 0. The number of aromatic amines is 1. The molecule has 5 rings (SSSR count). The molecule has 1 aliphatic rings. The van der Waals surface area contributed by atoms with Crippen LogP contribution >= 0.6 is 23.2 Å². The predicted octanol–water partition coefficient (Wildman–Crippen LogP) is 5.20. The number of pyridine rings is 1. The monoisotopic (exact) mass is 380 g/mol. The maximum absolute atomic E-state index is 6.35. The Hall–Kier alpha value is -2.40. The van der Waals surface area contributed by atoms with E-state index in [1.165, 1.54) is 11.1 Å². The molecule has 4 aromatic rings. The van der Waals surface area contributed by atoms with Crippen LogP contribution in [-0.4, -0.2) is 15.2 Å². The fraction of sp³-hybridized carbons (Fsp3) is 0.100. The van der Waals surface area contributed by atoms with Crippen molar-refractivity contribution in [1.29, 1.82) is 0 Å². The molecule has 6 heteroatoms. The third kappa shape index (κ3) is 2.50. The van der Waals surface area contributed by atoms with E-state index in [9.17, 15) is 0 Å². The zero-order chi connectivity index (χ0) is 17.7. The first-order valence-corrected chi connectivity index (χ1v) is 9.08. The second-order valence-corrected chi connectivity index (χ2v) is 7.17. The summed E-state index contributed by atoms with van der Waals surface area (Å²) in [5.74, 6) is 0. The van der Waals surface area contributed by atoms with E-state index in [2.05, 4.69) is 44.8 Å². The Morgan fingerprint density at radius 1 is 0.923 bits per heavy atom. The summed E-state index contributed by atoms with van der Waals surface area (Å²) in [5, 5.41) is 11.9. The third-order valence-corrected chi connectivity index (χ3v) is 5.60. The number of fused-ring (bicyclic) bond motifs is 2. The van der Waals surface area contributed by atoms with Crippen molar-refractivity contribution in [2.75, 3.05) is 0 Å². The predicted molar refractivity (Wildman–Crippen MR) is 105 cm³/mol. The van der Waals surface area contributed by atoms with Gasteiger partial charge in [-0.2, -0.15) is 5.10 Å². The van der Waals surface area contributed by atoms with E-state index in [1.807, 2.05) is 18.3 Å². The molecule has 4 nitrogen and oxygen atoms in total. The van der Waals surface area contributed by atoms with E-state index < -0.39 is 0 Å². The number of nitrogens with one attached hydrogen (secondary N) is 2. The number of hydrogen-bond acceptors (Lipinski definition) is 3. The van der Waals surface area contributed by atoms with Crippen LogP contribution in [0.15, 0.2) is 48.7 Å². The standard InChI is InChI=1S/C20H14Cl2N4/c21-16-3-1-2-15(18(16)22)19-20-17(25-26-19)7-14(10-24-20)11-4-5-12-8-23-9-13(12)6-11/h1-7,10,23H,8-9H2,(H,25,26). The van der Waals surface area contributed by atoms with E-state index in [0.717, 1.165) is 40.8 Å². The average molecular weight is 381 g/mol. The Labute approximate surface area is 160 Å². The van der Waals surface area contributed by atoms with Crippen LogP contribution in [0.5, 0.6) is 0 Å². The van der Waals surface area contributed by atoms with Gasteiger partial charge in [-0.25, -0.2) is 0 Å². The molecule has 0 radical (unpaired) electrons. The van der Waals surface area contributed by atoms with E-state index in [4.69, 9.17) is 23.2 Å². The van der Waals surface area contributed by atoms with Gasteiger partial charge >= 0.3 is 0 Å². The molecule has 0 atom stereocenters. The lowest BCUT2D eigenvalue weighted by atomic mass is 10.0. The van der Waals surface area contributed by atoms with Gasteiger partial charge in [-0.15, -0.1) is 0 Å². The molecule has 0 unspecified atom stereocenters. The SMILES string of the molecule is Clc1cccc(-c2n[nH]c3cc(-c4ccc5c(c4)CNC5)cnc23)c1Cl. The summed E-state index contributed by atoms with van der Waals surface area (Å²) < 4.78 is 0. The first kappa shape index (κ1) is 15.8. The van der Waals surface area contributed by atoms with Crippen LogP contribution < -0.4 is 5.32 Å². The first-order chi connectivity index (χ1) is 12.7. The zero-order valence-corrected chi connectivity index (χ0v) is 15.2. The van der Waals surface area contributed by atoms with Crippen molar-refractivity contribution in [3.8, 4) is 22.4 Å². The molecule has 2 N–H and O–H groups in total. The topological polar surface area (TPSA) is 53.6 Å². The third-order valence-electron chi connectivity index (χ3n) is 4.78. The summed E-state index contributed by atoms with van der Waals surface area (Å²) in [6.07, 6.45) is 1.88. The molecule has 0 fully saturated rings. The Balaban J connectivity index is 1.61. The molecule has 0 bridgehead atoms. The number of rotatable bonds is 2. The average Bonchev–Trinajstić information content (AvgIpc) is 3.29. The number of H-pyrrole nitrogens is 1. The van der Waals surface area contributed by atoms with Crippen LogP contribution in [0.1, 0.15) is 11.1 Å². The van der Waals surface area contributed by atoms with E-state index >= 15 is 0 Å². The number of benzene rings is 2. The van der Waals surface area contributed by atoms with Gasteiger partial charge in [-0.3, -0.25) is 10.1 Å². The van der Waals surface area contributed by atoms with Crippen LogP contribution in [0.4, 0.5) is 0 Å². The highest BCUT2D eigenvalue weighted by molar-refractivity contribution is 6.43. The summed E-state index contributed by atoms with van der Waals surface area (Å²) in [4.78, 5) is 4.65. The Morgan fingerprint density at radius 3 is 2.73 bits per heavy atom. The quantitative estimate of drug-likeness (QED) is 0.502. The fourth-order valence-electron chi connectivity index (χ4n) is 3.41. The molecular weight excluding hydrogens is 367 g/mol. The van der Waals surface area contributed by atoms with Gasteiger partial charge in [0.25, 0.3) is 0 Å². The molecule has 0 saturated carbocycles. The number of hydrogen-bond donors (Lipinski definition) is 2. The fourth-order valence-corrected chi connectivity index (χ4v) is 3.80. The van der Waals surface area contributed by atoms with Crippen molar-refractivity contribution >= 4 is 34.2 Å². The highest BCUT2D eigenvalue weighted by Crippen LogP contribution is 2.36. The van der Waals surface area contributed by atoms with Gasteiger partial charge in [0.2, 0.25) is 0 Å². The van der Waals surface area contributed by atoms with Gasteiger partial charge in [-0.1, -0.05) is 47.5 Å². The van der Waals surface area contributed by atoms with Crippen LogP contribution in [-0.2, 0) is 13.1 Å². The highest BCUT2D eigenvalue weighted by Gasteiger charge is 2.16. The van der Waals surface area contributed by atoms with Gasteiger partial charge in [-0.05, 0) is 34.9 Å². The maximum atomic E-state index is 6.35. The molecule has 2 aromatic carbocycles. The maximum Gasteiger partial charge on any atom is 0.120 e. The molecule has 1 aliphatic heterocycles. The van der Waals surface area contributed by atoms with Crippen molar-refractivity contribution < 1.29 is 0 Å². The molecule has 26 heavy (non-hydrogen) atoms. The number of aromatic nitrogens is 3. The second-order valence-electron chi connectivity index (χ2n) is 6.38. The van der Waals surface area contributed by atoms with Gasteiger partial charge < -0.3 is 5.32 Å². The van der Waals surface area contributed by atoms with Crippen molar-refractivity contribution in [2.45, 2.75) is 13.1 Å². The van der Waals surface area contributed by atoms with Crippen LogP contribution in [0.25, 0.3) is 33.4 Å². The summed E-state index contributed by atoms with van der Waals surface area (Å²) in [6.45, 7) is 1.86. The lowest BCUT2D eigenvalue weighted by molar-refractivity contribution is 0.765. The highest BCUT2D eigenvalue weighted by atomic mass is 35.5. The normalized spacial score (nSPS) is 13.3. The van der Waals surface area contributed by atoms with E-state index in [1.54, 1.807) is 6.07 Å². The van der Waals surface area contributed by atoms with Gasteiger partial charge in [0.05, 0.1) is 15.6 Å². The molecule has 0 amide bonds. The minimum absolute atomic E-state index is 0.486. The van der Waals surface area contributed by atoms with Crippen LogP contribution in [0, 0.1) is 0 Å². The summed E-state index contributed by atoms with van der Waals surface area (Å²) >= 11 is 12.5. The van der Waals surface area contributed by atoms with Crippen molar-refractivity contribution in [1.82, 2.24) is 20.5 Å². The van der Waals surface area contributed by atoms with Gasteiger partial charge in [0, 0.05) is 30.4 Å². The number of halogens is 2. The largest absolute Gasteiger partial charge is 0.309 e. The minimum Gasteiger partial charge on any atom is -0.309 e. The molecule has 0 spiro atoms. The van der Waals surface area contributed by atoms with E-state index in [0.29, 0.717) is 15.7 Å². The van der Waals surface area contributed by atoms with Gasteiger partial charge in [0.15, 0.2) is 0 Å². The van der Waals surface area contributed by atoms with Crippen LogP contribution in [0.3, 0.4) is 0 Å². The van der Waals surface area contributed by atoms with Crippen molar-refractivity contribution in [3.63, 3.8) is 0 Å². The molecule has 0 aliphatic carbocycles. The van der Waals surface area contributed by atoms with Gasteiger partial charge in [0.1, 0.15) is 11.2 Å². The Morgan fingerprint density at radius 2 is 1.81 bits per heavy atom. The van der Waals surface area contributed by atoms with Crippen molar-refractivity contribution in [3.05, 3.63) is 69.8 Å². The minimum atomic E-state index is 0.486. The smallest absolute Gasteiger partial charge is 0.120 e. The summed E-state index contributed by atoms with van der Waals surface area (Å²) in [6, 6.07) is 14.1. The molecule has 2 aromatic heterocycles. The Kier molecular flexibility index (Phi) is 3.71. The molecule has 3 heterocycles. The Bertz CT molecular complexity index is 1150. The van der Waals surface area contributed by atoms with E-state index in [-0.39, 0.29) is 0 Å². The second kappa shape index (κ2) is 6.09. The lowest BCUT2D eigenvalue weighted by Gasteiger charge is -2.05. The first-order valence-electron chi connectivity index (χ1n) is 8.32. The molecular formula is C20H14Cl2N4.